The van der Waals surface area contributed by atoms with Gasteiger partial charge in [0, 0.05) is 22.9 Å². The number of thiazole rings is 1. The fraction of sp³-hybridized carbons (Fsp3) is 0.533. The number of imidazole rings is 1. The van der Waals surface area contributed by atoms with Crippen LogP contribution in [0.2, 0.25) is 0 Å². The average Bonchev–Trinajstić information content (AvgIpc) is 3.11. The molecule has 7 heteroatoms. The molecule has 6 nitrogen and oxygen atoms in total. The number of aromatic amines is 1. The average molecular weight is 319 g/mol. The van der Waals surface area contributed by atoms with Crippen molar-refractivity contribution in [3.8, 4) is 10.7 Å². The van der Waals surface area contributed by atoms with E-state index < -0.39 is 0 Å². The summed E-state index contributed by atoms with van der Waals surface area (Å²) in [4.78, 5) is 26.0. The third kappa shape index (κ3) is 2.55. The van der Waals surface area contributed by atoms with Gasteiger partial charge in [-0.25, -0.2) is 9.97 Å². The van der Waals surface area contributed by atoms with Gasteiger partial charge in [0.2, 0.25) is 0 Å². The third-order valence-electron chi connectivity index (χ3n) is 4.61. The van der Waals surface area contributed by atoms with Crippen LogP contribution in [0, 0.1) is 5.41 Å². The number of nitrogens with zero attached hydrogens (tertiary/aromatic N) is 3. The van der Waals surface area contributed by atoms with Gasteiger partial charge in [0.05, 0.1) is 18.2 Å². The second-order valence-electron chi connectivity index (χ2n) is 6.57. The monoisotopic (exact) mass is 319 g/mol. The van der Waals surface area contributed by atoms with Crippen LogP contribution in [0.25, 0.3) is 10.7 Å². The zero-order chi connectivity index (χ0) is 15.9. The number of H-pyrrole nitrogens is 1. The van der Waals surface area contributed by atoms with E-state index in [1.54, 1.807) is 17.9 Å². The fourth-order valence-electron chi connectivity index (χ4n) is 3.13. The van der Waals surface area contributed by atoms with Gasteiger partial charge in [-0.15, -0.1) is 11.3 Å². The SMILES string of the molecule is CN(C)C1CC(NC(=O)c2csc(-c3cnc[nH]3)n2)C1(C)C. The highest BCUT2D eigenvalue weighted by Gasteiger charge is 2.49. The Labute approximate surface area is 134 Å². The van der Waals surface area contributed by atoms with Gasteiger partial charge in [-0.05, 0) is 20.5 Å². The Morgan fingerprint density at radius 1 is 1.50 bits per heavy atom. The van der Waals surface area contributed by atoms with Gasteiger partial charge in [-0.2, -0.15) is 0 Å². The molecule has 22 heavy (non-hydrogen) atoms. The van der Waals surface area contributed by atoms with Gasteiger partial charge in [0.1, 0.15) is 10.7 Å². The van der Waals surface area contributed by atoms with Crippen LogP contribution in [0.4, 0.5) is 0 Å². The minimum Gasteiger partial charge on any atom is -0.347 e. The zero-order valence-electron chi connectivity index (χ0n) is 13.3. The molecule has 3 rings (SSSR count). The lowest BCUT2D eigenvalue weighted by atomic mass is 9.62. The Balaban J connectivity index is 1.66. The first-order valence-corrected chi connectivity index (χ1v) is 8.19. The normalized spacial score (nSPS) is 23.3. The van der Waals surface area contributed by atoms with Crippen LogP contribution in [-0.2, 0) is 0 Å². The van der Waals surface area contributed by atoms with E-state index in [1.807, 2.05) is 0 Å². The number of amides is 1. The van der Waals surface area contributed by atoms with Crippen molar-refractivity contribution in [1.82, 2.24) is 25.2 Å². The molecule has 0 aliphatic heterocycles. The van der Waals surface area contributed by atoms with Gasteiger partial charge in [-0.1, -0.05) is 13.8 Å². The molecule has 0 bridgehead atoms. The second kappa shape index (κ2) is 5.48. The minimum atomic E-state index is -0.0997. The first-order valence-electron chi connectivity index (χ1n) is 7.31. The zero-order valence-corrected chi connectivity index (χ0v) is 14.1. The Bertz CT molecular complexity index is 661. The van der Waals surface area contributed by atoms with E-state index in [4.69, 9.17) is 0 Å². The molecule has 2 unspecified atom stereocenters. The number of rotatable bonds is 4. The van der Waals surface area contributed by atoms with Gasteiger partial charge >= 0.3 is 0 Å². The maximum atomic E-state index is 12.4. The number of hydrogen-bond acceptors (Lipinski definition) is 5. The lowest BCUT2D eigenvalue weighted by Gasteiger charge is -2.54. The molecule has 1 saturated carbocycles. The van der Waals surface area contributed by atoms with E-state index in [1.165, 1.54) is 11.3 Å². The lowest BCUT2D eigenvalue weighted by Crippen LogP contribution is -2.65. The summed E-state index contributed by atoms with van der Waals surface area (Å²) >= 11 is 1.44. The Morgan fingerprint density at radius 3 is 2.86 bits per heavy atom. The van der Waals surface area contributed by atoms with E-state index in [9.17, 15) is 4.79 Å². The van der Waals surface area contributed by atoms with Crippen LogP contribution in [0.5, 0.6) is 0 Å². The maximum absolute atomic E-state index is 12.4. The first-order chi connectivity index (χ1) is 10.4. The molecule has 0 aromatic carbocycles. The quantitative estimate of drug-likeness (QED) is 0.904. The number of carbonyl (C=O) groups is 1. The summed E-state index contributed by atoms with van der Waals surface area (Å²) in [5, 5.41) is 5.69. The molecular weight excluding hydrogens is 298 g/mol. The highest BCUT2D eigenvalue weighted by Crippen LogP contribution is 2.43. The second-order valence-corrected chi connectivity index (χ2v) is 7.42. The van der Waals surface area contributed by atoms with E-state index >= 15 is 0 Å². The van der Waals surface area contributed by atoms with Crippen molar-refractivity contribution in [3.05, 3.63) is 23.6 Å². The van der Waals surface area contributed by atoms with Gasteiger partial charge in [0.15, 0.2) is 0 Å². The first kappa shape index (κ1) is 15.2. The minimum absolute atomic E-state index is 0.0708. The molecular formula is C15H21N5OS. The molecule has 2 aromatic rings. The predicted octanol–water partition coefficient (Wildman–Crippen LogP) is 1.99. The molecule has 1 amide bonds. The molecule has 2 atom stereocenters. The summed E-state index contributed by atoms with van der Waals surface area (Å²) in [6.45, 7) is 4.40. The van der Waals surface area contributed by atoms with E-state index in [2.05, 4.69) is 53.1 Å². The van der Waals surface area contributed by atoms with Gasteiger partial charge in [-0.3, -0.25) is 4.79 Å². The molecule has 2 heterocycles. The highest BCUT2D eigenvalue weighted by atomic mass is 32.1. The van der Waals surface area contributed by atoms with Crippen molar-refractivity contribution >= 4 is 17.2 Å². The standard InChI is InChI=1S/C15H21N5OS/c1-15(2)11(5-12(15)20(3)4)19-13(21)10-7-22-14(18-10)9-6-16-8-17-9/h6-8,11-12H,5H2,1-4H3,(H,16,17)(H,19,21). The largest absolute Gasteiger partial charge is 0.347 e. The number of hydrogen-bond donors (Lipinski definition) is 2. The molecule has 0 radical (unpaired) electrons. The lowest BCUT2D eigenvalue weighted by molar-refractivity contribution is -0.0107. The van der Waals surface area contributed by atoms with Crippen molar-refractivity contribution in [2.75, 3.05) is 14.1 Å². The molecule has 118 valence electrons. The Kier molecular flexibility index (Phi) is 3.78. The van der Waals surface area contributed by atoms with Crippen molar-refractivity contribution in [2.24, 2.45) is 5.41 Å². The van der Waals surface area contributed by atoms with Gasteiger partial charge in [0.25, 0.3) is 5.91 Å². The summed E-state index contributed by atoms with van der Waals surface area (Å²) in [6.07, 6.45) is 4.29. The topological polar surface area (TPSA) is 73.9 Å². The van der Waals surface area contributed by atoms with Crippen LogP contribution in [-0.4, -0.2) is 51.9 Å². The van der Waals surface area contributed by atoms with Crippen molar-refractivity contribution in [1.29, 1.82) is 0 Å². The molecule has 0 saturated heterocycles. The van der Waals surface area contributed by atoms with Crippen LogP contribution < -0.4 is 5.32 Å². The number of carbonyl (C=O) groups excluding carboxylic acids is 1. The highest BCUT2D eigenvalue weighted by molar-refractivity contribution is 7.13. The molecule has 1 aliphatic carbocycles. The number of aromatic nitrogens is 3. The molecule has 1 aliphatic rings. The van der Waals surface area contributed by atoms with E-state index in [0.717, 1.165) is 17.1 Å². The van der Waals surface area contributed by atoms with Crippen molar-refractivity contribution in [3.63, 3.8) is 0 Å². The Morgan fingerprint density at radius 2 is 2.27 bits per heavy atom. The number of nitrogens with one attached hydrogen (secondary N) is 2. The van der Waals surface area contributed by atoms with Crippen LogP contribution in [0.3, 0.4) is 0 Å². The maximum Gasteiger partial charge on any atom is 0.271 e. The summed E-state index contributed by atoms with van der Waals surface area (Å²) in [7, 11) is 4.17. The molecule has 1 fully saturated rings. The Hall–Kier alpha value is -1.73. The van der Waals surface area contributed by atoms with Crippen LogP contribution >= 0.6 is 11.3 Å². The smallest absolute Gasteiger partial charge is 0.271 e. The summed E-state index contributed by atoms with van der Waals surface area (Å²) in [6, 6.07) is 0.679. The van der Waals surface area contributed by atoms with Crippen LogP contribution in [0.15, 0.2) is 17.9 Å². The predicted molar refractivity (Wildman–Crippen MR) is 86.8 cm³/mol. The fourth-order valence-corrected chi connectivity index (χ4v) is 3.90. The molecule has 0 spiro atoms. The summed E-state index contributed by atoms with van der Waals surface area (Å²) < 4.78 is 0. The van der Waals surface area contributed by atoms with Crippen molar-refractivity contribution in [2.45, 2.75) is 32.4 Å². The molecule has 2 aromatic heterocycles. The third-order valence-corrected chi connectivity index (χ3v) is 5.49. The molecule has 2 N–H and O–H groups in total. The van der Waals surface area contributed by atoms with Crippen LogP contribution in [0.1, 0.15) is 30.8 Å². The summed E-state index contributed by atoms with van der Waals surface area (Å²) in [5.41, 5.74) is 1.38. The summed E-state index contributed by atoms with van der Waals surface area (Å²) in [5.74, 6) is -0.0997. The van der Waals surface area contributed by atoms with Crippen molar-refractivity contribution < 1.29 is 4.79 Å². The van der Waals surface area contributed by atoms with E-state index in [0.29, 0.717) is 11.7 Å². The van der Waals surface area contributed by atoms with E-state index in [-0.39, 0.29) is 17.4 Å². The van der Waals surface area contributed by atoms with Gasteiger partial charge < -0.3 is 15.2 Å².